The Morgan fingerprint density at radius 1 is 1.00 bits per heavy atom. The molecular formula is C27H36N4O5. The van der Waals surface area contributed by atoms with Crippen LogP contribution in [0.5, 0.6) is 5.75 Å². The summed E-state index contributed by atoms with van der Waals surface area (Å²) < 4.78 is 16.0. The fourth-order valence-corrected chi connectivity index (χ4v) is 4.03. The largest absolute Gasteiger partial charge is 0.497 e. The van der Waals surface area contributed by atoms with Crippen LogP contribution in [0.15, 0.2) is 59.7 Å². The van der Waals surface area contributed by atoms with Crippen molar-refractivity contribution >= 4 is 23.6 Å². The van der Waals surface area contributed by atoms with Crippen LogP contribution >= 0.6 is 0 Å². The number of rotatable bonds is 7. The maximum absolute atomic E-state index is 13.0. The molecule has 9 heteroatoms. The molecule has 36 heavy (non-hydrogen) atoms. The number of nitrogens with one attached hydrogen (secondary N) is 1. The molecule has 0 radical (unpaired) electrons. The standard InChI is InChI=1S/C27H36N4O5/c1-18(2)35-25(32)29-30(26(33)36-19(3)4)17-23-27(5,6)24(20-11-9-8-10-12-20)28-31(23)21-13-15-22(34-7)16-14-21/h8-16,18-19,23H,17H2,1-7H3,(H,29,32). The van der Waals surface area contributed by atoms with Crippen molar-refractivity contribution in [3.05, 3.63) is 60.2 Å². The number of carbonyl (C=O) groups is 2. The summed E-state index contributed by atoms with van der Waals surface area (Å²) in [4.78, 5) is 25.5. The number of ether oxygens (including phenoxy) is 3. The normalized spacial score (nSPS) is 16.5. The van der Waals surface area contributed by atoms with Crippen molar-refractivity contribution < 1.29 is 23.8 Å². The molecule has 1 unspecified atom stereocenters. The van der Waals surface area contributed by atoms with Crippen LogP contribution in [-0.4, -0.2) is 54.8 Å². The quantitative estimate of drug-likeness (QED) is 0.529. The molecule has 2 amide bonds. The van der Waals surface area contributed by atoms with Gasteiger partial charge in [-0.25, -0.2) is 20.0 Å². The van der Waals surface area contributed by atoms with Gasteiger partial charge >= 0.3 is 12.2 Å². The molecule has 3 rings (SSSR count). The number of carbonyl (C=O) groups excluding carboxylic acids is 2. The molecule has 0 saturated carbocycles. The van der Waals surface area contributed by atoms with Gasteiger partial charge in [0.1, 0.15) is 5.75 Å². The summed E-state index contributed by atoms with van der Waals surface area (Å²) in [6.07, 6.45) is -2.13. The summed E-state index contributed by atoms with van der Waals surface area (Å²) in [6, 6.07) is 17.1. The number of anilines is 1. The average Bonchev–Trinajstić information content (AvgIpc) is 3.08. The molecule has 2 aromatic rings. The second-order valence-corrected chi connectivity index (χ2v) is 9.70. The minimum Gasteiger partial charge on any atom is -0.497 e. The number of hydrogen-bond acceptors (Lipinski definition) is 7. The van der Waals surface area contributed by atoms with E-state index in [1.54, 1.807) is 34.8 Å². The van der Waals surface area contributed by atoms with E-state index in [0.717, 1.165) is 27.7 Å². The molecule has 0 spiro atoms. The Hall–Kier alpha value is -3.75. The van der Waals surface area contributed by atoms with Crippen LogP contribution in [0, 0.1) is 5.41 Å². The number of methoxy groups -OCH3 is 1. The summed E-state index contributed by atoms with van der Waals surface area (Å²) in [6.45, 7) is 11.2. The summed E-state index contributed by atoms with van der Waals surface area (Å²) in [7, 11) is 1.61. The number of hydrogen-bond donors (Lipinski definition) is 1. The van der Waals surface area contributed by atoms with E-state index in [9.17, 15) is 9.59 Å². The van der Waals surface area contributed by atoms with E-state index in [-0.39, 0.29) is 24.8 Å². The molecular weight excluding hydrogens is 460 g/mol. The van der Waals surface area contributed by atoms with Crippen molar-refractivity contribution in [2.24, 2.45) is 10.5 Å². The lowest BCUT2D eigenvalue weighted by Gasteiger charge is -2.36. The molecule has 0 bridgehead atoms. The van der Waals surface area contributed by atoms with E-state index < -0.39 is 17.6 Å². The monoisotopic (exact) mass is 496 g/mol. The molecule has 1 heterocycles. The van der Waals surface area contributed by atoms with Gasteiger partial charge in [-0.1, -0.05) is 44.2 Å². The van der Waals surface area contributed by atoms with Crippen molar-refractivity contribution in [3.8, 4) is 5.75 Å². The molecule has 0 aromatic heterocycles. The van der Waals surface area contributed by atoms with Crippen molar-refractivity contribution in [2.75, 3.05) is 18.7 Å². The number of benzene rings is 2. The first kappa shape index (κ1) is 26.8. The van der Waals surface area contributed by atoms with Gasteiger partial charge < -0.3 is 14.2 Å². The molecule has 9 nitrogen and oxygen atoms in total. The lowest BCUT2D eigenvalue weighted by atomic mass is 9.77. The van der Waals surface area contributed by atoms with E-state index in [2.05, 4.69) is 19.3 Å². The van der Waals surface area contributed by atoms with Crippen molar-refractivity contribution in [1.29, 1.82) is 0 Å². The van der Waals surface area contributed by atoms with E-state index in [4.69, 9.17) is 19.3 Å². The Balaban J connectivity index is 2.01. The number of hydrazine groups is 1. The van der Waals surface area contributed by atoms with Gasteiger partial charge in [0.2, 0.25) is 0 Å². The highest BCUT2D eigenvalue weighted by Crippen LogP contribution is 2.40. The maximum Gasteiger partial charge on any atom is 0.429 e. The van der Waals surface area contributed by atoms with Crippen molar-refractivity contribution in [3.63, 3.8) is 0 Å². The number of amides is 2. The predicted octanol–water partition coefficient (Wildman–Crippen LogP) is 5.21. The van der Waals surface area contributed by atoms with Crippen LogP contribution in [-0.2, 0) is 9.47 Å². The minimum absolute atomic E-state index is 0.0949. The minimum atomic E-state index is -0.735. The van der Waals surface area contributed by atoms with E-state index in [0.29, 0.717) is 0 Å². The first-order chi connectivity index (χ1) is 17.0. The summed E-state index contributed by atoms with van der Waals surface area (Å²) >= 11 is 0. The van der Waals surface area contributed by atoms with E-state index in [1.807, 2.05) is 59.6 Å². The van der Waals surface area contributed by atoms with Gasteiger partial charge in [-0.2, -0.15) is 5.10 Å². The van der Waals surface area contributed by atoms with Gasteiger partial charge in [0.05, 0.1) is 43.3 Å². The Labute approximate surface area is 213 Å². The molecule has 1 aliphatic rings. The summed E-state index contributed by atoms with van der Waals surface area (Å²) in [5, 5.41) is 8.05. The highest BCUT2D eigenvalue weighted by Gasteiger charge is 2.47. The maximum atomic E-state index is 13.0. The Bertz CT molecular complexity index is 1070. The molecule has 1 N–H and O–H groups in total. The fraction of sp³-hybridized carbons (Fsp3) is 0.444. The molecule has 1 atom stereocenters. The third-order valence-electron chi connectivity index (χ3n) is 5.81. The topological polar surface area (TPSA) is 92.7 Å². The lowest BCUT2D eigenvalue weighted by molar-refractivity contribution is 0.0425. The van der Waals surface area contributed by atoms with Gasteiger partial charge in [0.15, 0.2) is 0 Å². The lowest BCUT2D eigenvalue weighted by Crippen LogP contribution is -2.56. The van der Waals surface area contributed by atoms with Crippen LogP contribution in [0.25, 0.3) is 0 Å². The van der Waals surface area contributed by atoms with Gasteiger partial charge in [0, 0.05) is 5.41 Å². The number of nitrogens with zero attached hydrogens (tertiary/aromatic N) is 3. The Morgan fingerprint density at radius 2 is 1.61 bits per heavy atom. The van der Waals surface area contributed by atoms with Crippen LogP contribution in [0.3, 0.4) is 0 Å². The molecule has 0 aliphatic carbocycles. The third-order valence-corrected chi connectivity index (χ3v) is 5.81. The zero-order valence-corrected chi connectivity index (χ0v) is 22.0. The highest BCUT2D eigenvalue weighted by molar-refractivity contribution is 6.07. The van der Waals surface area contributed by atoms with Gasteiger partial charge in [0.25, 0.3) is 0 Å². The zero-order valence-electron chi connectivity index (χ0n) is 22.0. The first-order valence-electron chi connectivity index (χ1n) is 12.1. The molecule has 194 valence electrons. The fourth-order valence-electron chi connectivity index (χ4n) is 4.03. The molecule has 1 aliphatic heterocycles. The van der Waals surface area contributed by atoms with Gasteiger partial charge in [-0.05, 0) is 57.5 Å². The SMILES string of the molecule is COc1ccc(N2N=C(c3ccccc3)C(C)(C)C2CN(NC(=O)OC(C)C)C(=O)OC(C)C)cc1. The second kappa shape index (κ2) is 11.3. The Kier molecular flexibility index (Phi) is 8.45. The van der Waals surface area contributed by atoms with Gasteiger partial charge in [-0.15, -0.1) is 0 Å². The highest BCUT2D eigenvalue weighted by atomic mass is 16.6. The molecule has 0 saturated heterocycles. The van der Waals surface area contributed by atoms with Crippen LogP contribution < -0.4 is 15.2 Å². The number of hydrazone groups is 1. The smallest absolute Gasteiger partial charge is 0.429 e. The zero-order chi connectivity index (χ0) is 26.5. The second-order valence-electron chi connectivity index (χ2n) is 9.70. The van der Waals surface area contributed by atoms with Crippen molar-refractivity contribution in [2.45, 2.75) is 59.8 Å². The van der Waals surface area contributed by atoms with Gasteiger partial charge in [-0.3, -0.25) is 5.01 Å². The van der Waals surface area contributed by atoms with Crippen LogP contribution in [0.1, 0.15) is 47.1 Å². The molecule has 2 aromatic carbocycles. The Morgan fingerprint density at radius 3 is 2.17 bits per heavy atom. The summed E-state index contributed by atoms with van der Waals surface area (Å²) in [5.74, 6) is 0.723. The molecule has 0 fully saturated rings. The van der Waals surface area contributed by atoms with Crippen molar-refractivity contribution in [1.82, 2.24) is 10.4 Å². The average molecular weight is 497 g/mol. The van der Waals surface area contributed by atoms with Crippen LogP contribution in [0.4, 0.5) is 15.3 Å². The van der Waals surface area contributed by atoms with E-state index in [1.165, 1.54) is 0 Å². The van der Waals surface area contributed by atoms with Crippen LogP contribution in [0.2, 0.25) is 0 Å². The first-order valence-corrected chi connectivity index (χ1v) is 12.1. The summed E-state index contributed by atoms with van der Waals surface area (Å²) in [5.41, 5.74) is 4.72. The van der Waals surface area contributed by atoms with E-state index >= 15 is 0 Å². The predicted molar refractivity (Wildman–Crippen MR) is 139 cm³/mol. The third kappa shape index (κ3) is 6.27.